The molecule has 1 aromatic heterocycles. The highest BCUT2D eigenvalue weighted by Gasteiger charge is 2.11. The van der Waals surface area contributed by atoms with E-state index >= 15 is 0 Å². The van der Waals surface area contributed by atoms with Crippen molar-refractivity contribution in [2.24, 2.45) is 7.05 Å². The van der Waals surface area contributed by atoms with E-state index in [0.717, 1.165) is 4.90 Å². The van der Waals surface area contributed by atoms with Crippen LogP contribution in [0.2, 0.25) is 0 Å². The Morgan fingerprint density at radius 1 is 1.41 bits per heavy atom. The molecule has 3 nitrogen and oxygen atoms in total. The molecule has 0 aliphatic carbocycles. The number of rotatable bonds is 4. The highest BCUT2D eigenvalue weighted by molar-refractivity contribution is 8.00. The first-order valence-electron chi connectivity index (χ1n) is 5.05. The van der Waals surface area contributed by atoms with Gasteiger partial charge in [-0.2, -0.15) is 0 Å². The minimum atomic E-state index is -0.273. The first-order valence-corrected chi connectivity index (χ1v) is 6.04. The standard InChI is InChI=1S/C12H11FN2OS/c1-15-7-6-14-12(15)11(16)8-17-10-4-2-9(13)3-5-10/h2-7H,8H2,1H3. The Morgan fingerprint density at radius 3 is 2.71 bits per heavy atom. The molecule has 0 aliphatic rings. The number of aryl methyl sites for hydroxylation is 1. The maximum absolute atomic E-state index is 12.7. The van der Waals surface area contributed by atoms with Gasteiger partial charge in [-0.15, -0.1) is 11.8 Å². The third-order valence-electron chi connectivity index (χ3n) is 2.25. The number of benzene rings is 1. The molecule has 2 rings (SSSR count). The molecule has 0 unspecified atom stereocenters. The summed E-state index contributed by atoms with van der Waals surface area (Å²) in [6.45, 7) is 0. The van der Waals surface area contributed by atoms with Gasteiger partial charge in [-0.25, -0.2) is 9.37 Å². The Bertz CT molecular complexity index is 522. The van der Waals surface area contributed by atoms with Gasteiger partial charge in [0, 0.05) is 24.3 Å². The lowest BCUT2D eigenvalue weighted by Crippen LogP contribution is -2.09. The second kappa shape index (κ2) is 5.14. The molecule has 0 aliphatic heterocycles. The van der Waals surface area contributed by atoms with E-state index in [1.807, 2.05) is 0 Å². The van der Waals surface area contributed by atoms with Gasteiger partial charge in [0.15, 0.2) is 5.82 Å². The predicted molar refractivity (Wildman–Crippen MR) is 64.7 cm³/mol. The van der Waals surface area contributed by atoms with Crippen LogP contribution in [-0.2, 0) is 7.05 Å². The maximum atomic E-state index is 12.7. The van der Waals surface area contributed by atoms with E-state index in [-0.39, 0.29) is 11.6 Å². The summed E-state index contributed by atoms with van der Waals surface area (Å²) in [5.41, 5.74) is 0. The summed E-state index contributed by atoms with van der Waals surface area (Å²) in [5.74, 6) is 0.437. The molecule has 0 fully saturated rings. The molecule has 0 saturated heterocycles. The number of carbonyl (C=O) groups is 1. The van der Waals surface area contributed by atoms with Gasteiger partial charge in [0.1, 0.15) is 5.82 Å². The number of hydrogen-bond donors (Lipinski definition) is 0. The summed E-state index contributed by atoms with van der Waals surface area (Å²) >= 11 is 1.37. The molecule has 0 spiro atoms. The number of nitrogens with zero attached hydrogens (tertiary/aromatic N) is 2. The van der Waals surface area contributed by atoms with Crippen LogP contribution >= 0.6 is 11.8 Å². The smallest absolute Gasteiger partial charge is 0.208 e. The van der Waals surface area contributed by atoms with Crippen molar-refractivity contribution < 1.29 is 9.18 Å². The van der Waals surface area contributed by atoms with E-state index in [1.54, 1.807) is 36.1 Å². The number of imidazole rings is 1. The minimum absolute atomic E-state index is 0.0353. The van der Waals surface area contributed by atoms with Crippen LogP contribution < -0.4 is 0 Å². The zero-order chi connectivity index (χ0) is 12.3. The number of halogens is 1. The third kappa shape index (κ3) is 2.94. The average molecular weight is 250 g/mol. The Kier molecular flexibility index (Phi) is 3.58. The Morgan fingerprint density at radius 2 is 2.12 bits per heavy atom. The molecule has 0 bridgehead atoms. The van der Waals surface area contributed by atoms with Crippen LogP contribution in [0.3, 0.4) is 0 Å². The molecular formula is C12H11FN2OS. The minimum Gasteiger partial charge on any atom is -0.332 e. The van der Waals surface area contributed by atoms with Crippen LogP contribution in [0, 0.1) is 5.82 Å². The first-order chi connectivity index (χ1) is 8.16. The number of carbonyl (C=O) groups excluding carboxylic acids is 1. The van der Waals surface area contributed by atoms with Crippen LogP contribution in [-0.4, -0.2) is 21.1 Å². The normalized spacial score (nSPS) is 10.5. The van der Waals surface area contributed by atoms with Crippen molar-refractivity contribution in [3.8, 4) is 0 Å². The van der Waals surface area contributed by atoms with Crippen LogP contribution in [0.25, 0.3) is 0 Å². The summed E-state index contributed by atoms with van der Waals surface area (Å²) in [4.78, 5) is 16.6. The predicted octanol–water partition coefficient (Wildman–Crippen LogP) is 2.53. The number of hydrogen-bond acceptors (Lipinski definition) is 3. The van der Waals surface area contributed by atoms with Crippen molar-refractivity contribution in [1.82, 2.24) is 9.55 Å². The van der Waals surface area contributed by atoms with Gasteiger partial charge >= 0.3 is 0 Å². The van der Waals surface area contributed by atoms with Gasteiger partial charge in [0.2, 0.25) is 5.78 Å². The summed E-state index contributed by atoms with van der Waals surface area (Å²) in [7, 11) is 1.78. The quantitative estimate of drug-likeness (QED) is 0.618. The van der Waals surface area contributed by atoms with E-state index < -0.39 is 0 Å². The topological polar surface area (TPSA) is 34.9 Å². The molecule has 0 radical (unpaired) electrons. The summed E-state index contributed by atoms with van der Waals surface area (Å²) < 4.78 is 14.4. The molecule has 2 aromatic rings. The van der Waals surface area contributed by atoms with Gasteiger partial charge in [0.25, 0.3) is 0 Å². The molecule has 0 amide bonds. The second-order valence-electron chi connectivity index (χ2n) is 3.53. The summed E-state index contributed by atoms with van der Waals surface area (Å²) in [5, 5.41) is 0. The van der Waals surface area contributed by atoms with Crippen molar-refractivity contribution in [3.05, 3.63) is 48.3 Å². The van der Waals surface area contributed by atoms with Crippen molar-refractivity contribution in [2.75, 3.05) is 5.75 Å². The van der Waals surface area contributed by atoms with Crippen LogP contribution in [0.1, 0.15) is 10.6 Å². The molecule has 0 saturated carbocycles. The first kappa shape index (κ1) is 11.9. The van der Waals surface area contributed by atoms with E-state index in [0.29, 0.717) is 11.6 Å². The average Bonchev–Trinajstić information content (AvgIpc) is 2.74. The lowest BCUT2D eigenvalue weighted by Gasteiger charge is -2.01. The molecule has 17 heavy (non-hydrogen) atoms. The zero-order valence-electron chi connectivity index (χ0n) is 9.26. The van der Waals surface area contributed by atoms with Gasteiger partial charge in [-0.1, -0.05) is 0 Å². The number of Topliss-reactive ketones (excluding diaryl/α,β-unsaturated/α-hetero) is 1. The molecule has 88 valence electrons. The van der Waals surface area contributed by atoms with Crippen LogP contribution in [0.15, 0.2) is 41.6 Å². The molecular weight excluding hydrogens is 239 g/mol. The van der Waals surface area contributed by atoms with Gasteiger partial charge < -0.3 is 4.57 Å². The van der Waals surface area contributed by atoms with Gasteiger partial charge in [0.05, 0.1) is 5.75 Å². The largest absolute Gasteiger partial charge is 0.332 e. The fourth-order valence-corrected chi connectivity index (χ4v) is 2.13. The fraction of sp³-hybridized carbons (Fsp3) is 0.167. The third-order valence-corrected chi connectivity index (χ3v) is 3.27. The Balaban J connectivity index is 1.97. The van der Waals surface area contributed by atoms with E-state index in [9.17, 15) is 9.18 Å². The molecule has 1 aromatic carbocycles. The van der Waals surface area contributed by atoms with E-state index in [2.05, 4.69) is 4.98 Å². The van der Waals surface area contributed by atoms with Crippen LogP contribution in [0.5, 0.6) is 0 Å². The molecule has 0 N–H and O–H groups in total. The summed E-state index contributed by atoms with van der Waals surface area (Å²) in [6, 6.07) is 6.08. The lowest BCUT2D eigenvalue weighted by molar-refractivity contribution is 0.101. The number of thioether (sulfide) groups is 1. The maximum Gasteiger partial charge on any atom is 0.208 e. The SMILES string of the molecule is Cn1ccnc1C(=O)CSc1ccc(F)cc1. The van der Waals surface area contributed by atoms with E-state index in [4.69, 9.17) is 0 Å². The monoisotopic (exact) mass is 250 g/mol. The Hall–Kier alpha value is -1.62. The van der Waals surface area contributed by atoms with Crippen LogP contribution in [0.4, 0.5) is 4.39 Å². The van der Waals surface area contributed by atoms with Crippen molar-refractivity contribution in [2.45, 2.75) is 4.90 Å². The van der Waals surface area contributed by atoms with E-state index in [1.165, 1.54) is 23.9 Å². The highest BCUT2D eigenvalue weighted by atomic mass is 32.2. The lowest BCUT2D eigenvalue weighted by atomic mass is 10.3. The van der Waals surface area contributed by atoms with Gasteiger partial charge in [-0.3, -0.25) is 4.79 Å². The molecule has 1 heterocycles. The number of aromatic nitrogens is 2. The zero-order valence-corrected chi connectivity index (χ0v) is 10.1. The molecule has 5 heteroatoms. The van der Waals surface area contributed by atoms with Crippen molar-refractivity contribution in [3.63, 3.8) is 0 Å². The fourth-order valence-electron chi connectivity index (χ4n) is 1.38. The highest BCUT2D eigenvalue weighted by Crippen LogP contribution is 2.19. The second-order valence-corrected chi connectivity index (χ2v) is 4.58. The summed E-state index contributed by atoms with van der Waals surface area (Å²) in [6.07, 6.45) is 3.32. The number of ketones is 1. The van der Waals surface area contributed by atoms with Gasteiger partial charge in [-0.05, 0) is 24.3 Å². The van der Waals surface area contributed by atoms with Crippen molar-refractivity contribution in [1.29, 1.82) is 0 Å². The van der Waals surface area contributed by atoms with Crippen molar-refractivity contribution >= 4 is 17.5 Å². The molecule has 0 atom stereocenters. The Labute approximate surface area is 103 Å².